The van der Waals surface area contributed by atoms with Crippen LogP contribution in [0.4, 0.5) is 0 Å². The lowest BCUT2D eigenvalue weighted by molar-refractivity contribution is 0.312. The van der Waals surface area contributed by atoms with Crippen LogP contribution in [-0.4, -0.2) is 35.3 Å². The zero-order valence-corrected chi connectivity index (χ0v) is 16.0. The Bertz CT molecular complexity index is 923. The van der Waals surface area contributed by atoms with Crippen LogP contribution >= 0.6 is 0 Å². The first kappa shape index (κ1) is 19.1. The molecule has 8 heteroatoms. The second-order valence-corrected chi connectivity index (χ2v) is 8.22. The van der Waals surface area contributed by atoms with Crippen LogP contribution in [0, 0.1) is 13.8 Å². The normalized spacial score (nSPS) is 11.6. The molecule has 0 aliphatic carbocycles. The van der Waals surface area contributed by atoms with E-state index in [0.717, 1.165) is 5.56 Å². The van der Waals surface area contributed by atoms with E-state index >= 15 is 0 Å². The van der Waals surface area contributed by atoms with Gasteiger partial charge < -0.3 is 9.30 Å². The Kier molecular flexibility index (Phi) is 5.62. The van der Waals surface area contributed by atoms with Gasteiger partial charge in [0.15, 0.2) is 9.84 Å². The van der Waals surface area contributed by atoms with Crippen LogP contribution in [0.5, 0.6) is 6.01 Å². The van der Waals surface area contributed by atoms with Gasteiger partial charge in [-0.3, -0.25) is 4.79 Å². The van der Waals surface area contributed by atoms with Crippen LogP contribution in [-0.2, 0) is 22.6 Å². The molecule has 2 aromatic rings. The van der Waals surface area contributed by atoms with Gasteiger partial charge in [0, 0.05) is 30.1 Å². The zero-order chi connectivity index (χ0) is 18.8. The van der Waals surface area contributed by atoms with Crippen LogP contribution in [0.1, 0.15) is 30.7 Å². The van der Waals surface area contributed by atoms with Crippen molar-refractivity contribution in [1.82, 2.24) is 14.5 Å². The van der Waals surface area contributed by atoms with E-state index in [2.05, 4.69) is 9.97 Å². The van der Waals surface area contributed by atoms with Crippen molar-refractivity contribution in [2.45, 2.75) is 33.4 Å². The predicted octanol–water partition coefficient (Wildman–Crippen LogP) is 1.79. The van der Waals surface area contributed by atoms with Crippen LogP contribution in [0.2, 0.25) is 0 Å². The highest BCUT2D eigenvalue weighted by Gasteiger charge is 2.19. The first-order valence-corrected chi connectivity index (χ1v) is 9.89. The maximum atomic E-state index is 12.0. The van der Waals surface area contributed by atoms with Crippen LogP contribution in [0.15, 0.2) is 17.1 Å². The fourth-order valence-corrected chi connectivity index (χ4v) is 3.38. The van der Waals surface area contributed by atoms with Crippen molar-refractivity contribution >= 4 is 9.84 Å². The van der Waals surface area contributed by atoms with Gasteiger partial charge in [-0.15, -0.1) is 0 Å². The molecule has 0 radical (unpaired) electrons. The maximum absolute atomic E-state index is 12.0. The van der Waals surface area contributed by atoms with Gasteiger partial charge in [-0.05, 0) is 32.4 Å². The smallest absolute Gasteiger partial charge is 0.317 e. The second kappa shape index (κ2) is 7.35. The highest BCUT2D eigenvalue weighted by Crippen LogP contribution is 2.26. The summed E-state index contributed by atoms with van der Waals surface area (Å²) in [5.74, 6) is -0.135. The number of pyridine rings is 1. The molecule has 0 aliphatic rings. The summed E-state index contributed by atoms with van der Waals surface area (Å²) in [7, 11) is -1.58. The number of nitrogens with zero attached hydrogens (tertiary/aromatic N) is 3. The van der Waals surface area contributed by atoms with Gasteiger partial charge in [0.05, 0.1) is 23.7 Å². The zero-order valence-electron chi connectivity index (χ0n) is 15.2. The standard InChI is InChI=1S/C17H23N3O4S/c1-6-24-17-18-14(10-25(22,23)7-2)12(4)15(19-17)13-8-11(3)16(21)20(5)9-13/h8-9H,6-7,10H2,1-5H3. The molecular weight excluding hydrogens is 342 g/mol. The van der Waals surface area contributed by atoms with Gasteiger partial charge in [0.25, 0.3) is 5.56 Å². The summed E-state index contributed by atoms with van der Waals surface area (Å²) in [5, 5.41) is 0. The third kappa shape index (κ3) is 4.25. The maximum Gasteiger partial charge on any atom is 0.317 e. The molecule has 25 heavy (non-hydrogen) atoms. The molecule has 2 aromatic heterocycles. The Morgan fingerprint density at radius 3 is 2.44 bits per heavy atom. The van der Waals surface area contributed by atoms with Gasteiger partial charge in [0.2, 0.25) is 0 Å². The first-order valence-electron chi connectivity index (χ1n) is 8.06. The summed E-state index contributed by atoms with van der Waals surface area (Å²) in [4.78, 5) is 20.6. The van der Waals surface area contributed by atoms with Crippen molar-refractivity contribution in [3.05, 3.63) is 39.4 Å². The first-order chi connectivity index (χ1) is 11.7. The highest BCUT2D eigenvalue weighted by molar-refractivity contribution is 7.90. The van der Waals surface area contributed by atoms with Gasteiger partial charge in [0.1, 0.15) is 0 Å². The largest absolute Gasteiger partial charge is 0.464 e. The lowest BCUT2D eigenvalue weighted by Gasteiger charge is -2.14. The summed E-state index contributed by atoms with van der Waals surface area (Å²) in [6.07, 6.45) is 1.68. The highest BCUT2D eigenvalue weighted by atomic mass is 32.2. The molecule has 0 spiro atoms. The minimum atomic E-state index is -3.25. The molecule has 0 aromatic carbocycles. The summed E-state index contributed by atoms with van der Waals surface area (Å²) in [6, 6.07) is 1.88. The van der Waals surface area contributed by atoms with Crippen molar-refractivity contribution in [2.24, 2.45) is 7.05 Å². The topological polar surface area (TPSA) is 91.1 Å². The Labute approximate surface area is 147 Å². The Morgan fingerprint density at radius 1 is 1.20 bits per heavy atom. The number of hydrogen-bond donors (Lipinski definition) is 0. The van der Waals surface area contributed by atoms with Gasteiger partial charge in [-0.2, -0.15) is 9.97 Å². The quantitative estimate of drug-likeness (QED) is 0.775. The van der Waals surface area contributed by atoms with Crippen molar-refractivity contribution in [3.8, 4) is 17.3 Å². The Morgan fingerprint density at radius 2 is 1.88 bits per heavy atom. The fourth-order valence-electron chi connectivity index (χ4n) is 2.47. The van der Waals surface area contributed by atoms with Crippen LogP contribution < -0.4 is 10.3 Å². The molecule has 0 amide bonds. The summed E-state index contributed by atoms with van der Waals surface area (Å²) in [5.41, 5.74) is 2.86. The summed E-state index contributed by atoms with van der Waals surface area (Å²) < 4.78 is 31.0. The van der Waals surface area contributed by atoms with Gasteiger partial charge in [-0.25, -0.2) is 8.42 Å². The average Bonchev–Trinajstić information content (AvgIpc) is 2.55. The molecule has 136 valence electrons. The van der Waals surface area contributed by atoms with Crippen LogP contribution in [0.3, 0.4) is 0 Å². The van der Waals surface area contributed by atoms with Crippen molar-refractivity contribution in [1.29, 1.82) is 0 Å². The molecule has 0 unspecified atom stereocenters. The minimum absolute atomic E-state index is 0.0364. The lowest BCUT2D eigenvalue weighted by Crippen LogP contribution is -2.19. The van der Waals surface area contributed by atoms with Crippen molar-refractivity contribution in [3.63, 3.8) is 0 Å². The number of rotatable bonds is 6. The monoisotopic (exact) mass is 365 g/mol. The van der Waals surface area contributed by atoms with E-state index in [0.29, 0.717) is 29.1 Å². The molecule has 0 aliphatic heterocycles. The SMILES string of the molecule is CCOc1nc(CS(=O)(=O)CC)c(C)c(-c2cc(C)c(=O)n(C)c2)n1. The van der Waals surface area contributed by atoms with E-state index < -0.39 is 9.84 Å². The molecule has 7 nitrogen and oxygen atoms in total. The number of ether oxygens (including phenoxy) is 1. The summed E-state index contributed by atoms with van der Waals surface area (Å²) in [6.45, 7) is 7.29. The van der Waals surface area contributed by atoms with Crippen molar-refractivity contribution in [2.75, 3.05) is 12.4 Å². The number of aromatic nitrogens is 3. The molecule has 2 heterocycles. The van der Waals surface area contributed by atoms with Crippen molar-refractivity contribution < 1.29 is 13.2 Å². The van der Waals surface area contributed by atoms with E-state index in [-0.39, 0.29) is 23.1 Å². The number of hydrogen-bond acceptors (Lipinski definition) is 6. The molecule has 0 saturated heterocycles. The van der Waals surface area contributed by atoms with Gasteiger partial charge >= 0.3 is 6.01 Å². The molecule has 2 rings (SSSR count). The number of aryl methyl sites for hydroxylation is 2. The van der Waals surface area contributed by atoms with E-state index in [1.165, 1.54) is 4.57 Å². The Hall–Kier alpha value is -2.22. The number of sulfone groups is 1. The third-order valence-electron chi connectivity index (χ3n) is 3.93. The predicted molar refractivity (Wildman–Crippen MR) is 96.5 cm³/mol. The second-order valence-electron chi connectivity index (χ2n) is 5.86. The van der Waals surface area contributed by atoms with Gasteiger partial charge in [-0.1, -0.05) is 6.92 Å². The van der Waals surface area contributed by atoms with E-state index in [1.807, 2.05) is 6.92 Å². The third-order valence-corrected chi connectivity index (χ3v) is 5.52. The Balaban J connectivity index is 2.68. The molecule has 0 atom stereocenters. The van der Waals surface area contributed by atoms with E-state index in [4.69, 9.17) is 4.74 Å². The molecule has 0 N–H and O–H groups in total. The van der Waals surface area contributed by atoms with E-state index in [9.17, 15) is 13.2 Å². The van der Waals surface area contributed by atoms with E-state index in [1.54, 1.807) is 40.1 Å². The molecule has 0 saturated carbocycles. The fraction of sp³-hybridized carbons (Fsp3) is 0.471. The molecular formula is C17H23N3O4S. The summed E-state index contributed by atoms with van der Waals surface area (Å²) >= 11 is 0. The average molecular weight is 365 g/mol. The molecule has 0 bridgehead atoms. The lowest BCUT2D eigenvalue weighted by atomic mass is 10.1. The van der Waals surface area contributed by atoms with Crippen LogP contribution in [0.25, 0.3) is 11.3 Å². The molecule has 0 fully saturated rings. The minimum Gasteiger partial charge on any atom is -0.464 e.